The van der Waals surface area contributed by atoms with Crippen molar-refractivity contribution >= 4 is 65.3 Å². The maximum Gasteiger partial charge on any atom is 0.238 e. The summed E-state index contributed by atoms with van der Waals surface area (Å²) in [5.74, 6) is 0.463. The zero-order chi connectivity index (χ0) is 37.9. The summed E-state index contributed by atoms with van der Waals surface area (Å²) in [6.07, 6.45) is 0. The molecular formula is C40H23N5OS. The third-order valence-electron chi connectivity index (χ3n) is 8.15. The first-order valence-electron chi connectivity index (χ1n) is 18.7. The van der Waals surface area contributed by atoms with Gasteiger partial charge >= 0.3 is 0 Å². The summed E-state index contributed by atoms with van der Waals surface area (Å²) in [4.78, 5) is 19.2. The highest BCUT2D eigenvalue weighted by Gasteiger charge is 2.19. The number of nitrogens with zero attached hydrogens (tertiary/aromatic N) is 5. The highest BCUT2D eigenvalue weighted by molar-refractivity contribution is 7.21. The van der Waals surface area contributed by atoms with Crippen molar-refractivity contribution in [3.63, 3.8) is 0 Å². The van der Waals surface area contributed by atoms with Crippen LogP contribution < -0.4 is 0 Å². The third-order valence-corrected chi connectivity index (χ3v) is 9.14. The number of hydrogen-bond donors (Lipinski definition) is 0. The number of rotatable bonds is 4. The van der Waals surface area contributed by atoms with Gasteiger partial charge < -0.3 is 4.42 Å². The van der Waals surface area contributed by atoms with Crippen LogP contribution in [0.5, 0.6) is 0 Å². The van der Waals surface area contributed by atoms with E-state index in [9.17, 15) is 2.74 Å². The highest BCUT2D eigenvalue weighted by atomic mass is 32.1. The molecule has 0 fully saturated rings. The molecular weight excluding hydrogens is 599 g/mol. The van der Waals surface area contributed by atoms with Crippen LogP contribution in [-0.2, 0) is 0 Å². The lowest BCUT2D eigenvalue weighted by Crippen LogP contribution is -2.06. The minimum atomic E-state index is -0.540. The van der Waals surface area contributed by atoms with Crippen LogP contribution >= 0.6 is 11.3 Å². The summed E-state index contributed by atoms with van der Waals surface area (Å²) in [5, 5.41) is 3.88. The Labute approximate surface area is 283 Å². The number of thiazole rings is 1. The summed E-state index contributed by atoms with van der Waals surface area (Å²) < 4.78 is 77.2. The van der Waals surface area contributed by atoms with Crippen LogP contribution in [0.15, 0.2) is 144 Å². The maximum absolute atomic E-state index is 9.42. The van der Waals surface area contributed by atoms with Crippen molar-refractivity contribution in [1.29, 1.82) is 0 Å². The summed E-state index contributed by atoms with van der Waals surface area (Å²) >= 11 is 0.911. The molecule has 0 aliphatic carbocycles. The fourth-order valence-electron chi connectivity index (χ4n) is 6.04. The standard InChI is InChI=1S/C40H23N5OS/c1-2-10-24(11-3-1)39-41-31-21-19-26(23-36(31)47-39)38-42-37(25-18-20-30-29-14-6-9-17-34(29)46-35(30)22-25)43-40(44-38)45-32-15-7-4-12-27(32)28-13-5-8-16-33(28)45/h1-23H/i1D,2D,3D,10D,11D,19D,21D,23D. The van der Waals surface area contributed by atoms with Gasteiger partial charge in [0.1, 0.15) is 16.2 Å². The molecule has 0 saturated carbocycles. The Hall–Kier alpha value is -6.18. The molecule has 0 amide bonds. The van der Waals surface area contributed by atoms with Crippen molar-refractivity contribution in [3.05, 3.63) is 139 Å². The molecule has 4 heterocycles. The number of aromatic nitrogens is 5. The molecule has 10 aromatic rings. The molecule has 0 bridgehead atoms. The molecule has 6 aromatic carbocycles. The van der Waals surface area contributed by atoms with E-state index < -0.39 is 30.2 Å². The van der Waals surface area contributed by atoms with E-state index in [1.807, 2.05) is 95.6 Å². The van der Waals surface area contributed by atoms with E-state index in [0.29, 0.717) is 11.1 Å². The Kier molecular flexibility index (Phi) is 4.19. The number of fused-ring (bicyclic) bond motifs is 7. The fourth-order valence-corrected chi connectivity index (χ4v) is 6.92. The second-order valence-corrected chi connectivity index (χ2v) is 11.9. The van der Waals surface area contributed by atoms with Crippen LogP contribution in [0, 0.1) is 0 Å². The summed E-state index contributed by atoms with van der Waals surface area (Å²) in [6, 6.07) is 25.8. The molecule has 0 radical (unpaired) electrons. The fraction of sp³-hybridized carbons (Fsp3) is 0. The van der Waals surface area contributed by atoms with Crippen LogP contribution in [0.4, 0.5) is 0 Å². The van der Waals surface area contributed by atoms with Crippen LogP contribution in [0.3, 0.4) is 0 Å². The van der Waals surface area contributed by atoms with Crippen molar-refractivity contribution in [1.82, 2.24) is 24.5 Å². The topological polar surface area (TPSA) is 69.6 Å². The number of para-hydroxylation sites is 3. The van der Waals surface area contributed by atoms with E-state index in [0.717, 1.165) is 49.5 Å². The molecule has 0 aliphatic heterocycles. The zero-order valence-electron chi connectivity index (χ0n) is 32.2. The molecule has 6 nitrogen and oxygen atoms in total. The minimum Gasteiger partial charge on any atom is -0.456 e. The maximum atomic E-state index is 9.42. The second kappa shape index (κ2) is 10.2. The quantitative estimate of drug-likeness (QED) is 0.194. The number of furan rings is 1. The lowest BCUT2D eigenvalue weighted by molar-refractivity contribution is 0.669. The average molecular weight is 630 g/mol. The number of benzene rings is 6. The zero-order valence-corrected chi connectivity index (χ0v) is 25.0. The van der Waals surface area contributed by atoms with Gasteiger partial charge in [-0.05, 0) is 48.5 Å². The van der Waals surface area contributed by atoms with Gasteiger partial charge in [-0.1, -0.05) is 90.9 Å². The first kappa shape index (κ1) is 19.4. The van der Waals surface area contributed by atoms with E-state index in [4.69, 9.17) is 27.6 Å². The number of hydrogen-bond acceptors (Lipinski definition) is 6. The molecule has 47 heavy (non-hydrogen) atoms. The van der Waals surface area contributed by atoms with Crippen LogP contribution in [0.2, 0.25) is 0 Å². The van der Waals surface area contributed by atoms with Gasteiger partial charge in [-0.3, -0.25) is 4.57 Å². The van der Waals surface area contributed by atoms with Gasteiger partial charge in [-0.25, -0.2) is 9.97 Å². The normalized spacial score (nSPS) is 14.2. The monoisotopic (exact) mass is 629 g/mol. The highest BCUT2D eigenvalue weighted by Crippen LogP contribution is 2.36. The van der Waals surface area contributed by atoms with E-state index in [2.05, 4.69) is 4.98 Å². The van der Waals surface area contributed by atoms with Gasteiger partial charge in [0, 0.05) is 38.2 Å². The lowest BCUT2D eigenvalue weighted by atomic mass is 10.1. The Morgan fingerprint density at radius 2 is 1.26 bits per heavy atom. The molecule has 0 aliphatic rings. The van der Waals surface area contributed by atoms with Gasteiger partial charge in [0.15, 0.2) is 11.6 Å². The molecule has 0 N–H and O–H groups in total. The van der Waals surface area contributed by atoms with Crippen LogP contribution in [0.1, 0.15) is 11.0 Å². The Bertz CT molecular complexity index is 3200. The molecule has 7 heteroatoms. The Balaban J connectivity index is 1.25. The smallest absolute Gasteiger partial charge is 0.238 e. The Morgan fingerprint density at radius 3 is 2.04 bits per heavy atom. The Morgan fingerprint density at radius 1 is 0.574 bits per heavy atom. The van der Waals surface area contributed by atoms with Gasteiger partial charge in [-0.2, -0.15) is 9.97 Å². The first-order valence-corrected chi connectivity index (χ1v) is 15.6. The largest absolute Gasteiger partial charge is 0.456 e. The minimum absolute atomic E-state index is 0.00204. The molecule has 0 spiro atoms. The first-order chi connectivity index (χ1) is 26.6. The lowest BCUT2D eigenvalue weighted by Gasteiger charge is -2.11. The van der Waals surface area contributed by atoms with Crippen molar-refractivity contribution in [3.8, 4) is 39.3 Å². The predicted molar refractivity (Wildman–Crippen MR) is 191 cm³/mol. The molecule has 0 saturated heterocycles. The molecule has 10 rings (SSSR count). The van der Waals surface area contributed by atoms with Gasteiger partial charge in [0.25, 0.3) is 0 Å². The second-order valence-electron chi connectivity index (χ2n) is 10.9. The van der Waals surface area contributed by atoms with Crippen LogP contribution in [-0.4, -0.2) is 24.5 Å². The molecule has 0 unspecified atom stereocenters. The average Bonchev–Trinajstić information content (AvgIpc) is 3.91. The van der Waals surface area contributed by atoms with E-state index in [1.165, 1.54) is 0 Å². The molecule has 0 atom stereocenters. The van der Waals surface area contributed by atoms with Crippen molar-refractivity contribution in [2.24, 2.45) is 0 Å². The molecule has 220 valence electrons. The van der Waals surface area contributed by atoms with Gasteiger partial charge in [0.05, 0.1) is 32.2 Å². The van der Waals surface area contributed by atoms with Crippen LogP contribution in [0.25, 0.3) is 93.3 Å². The van der Waals surface area contributed by atoms with E-state index in [1.54, 1.807) is 0 Å². The van der Waals surface area contributed by atoms with E-state index >= 15 is 0 Å². The van der Waals surface area contributed by atoms with Crippen molar-refractivity contribution in [2.75, 3.05) is 0 Å². The molecule has 4 aromatic heterocycles. The van der Waals surface area contributed by atoms with E-state index in [-0.39, 0.29) is 62.1 Å². The SMILES string of the molecule is [2H]c1c([2H])c([2H])c(-c2nc3c([2H])c([2H])c(-c4nc(-c5ccc6c(c5)oc5ccccc56)nc(-n5c6ccccc6c6ccccc65)n4)c([2H])c3s2)c([2H])c1[2H]. The third kappa shape index (κ3) is 4.17. The van der Waals surface area contributed by atoms with Gasteiger partial charge in [-0.15, -0.1) is 11.3 Å². The predicted octanol–water partition coefficient (Wildman–Crippen LogP) is 10.5. The summed E-state index contributed by atoms with van der Waals surface area (Å²) in [6.45, 7) is 0. The van der Waals surface area contributed by atoms with Gasteiger partial charge in [0.2, 0.25) is 5.95 Å². The summed E-state index contributed by atoms with van der Waals surface area (Å²) in [7, 11) is 0. The van der Waals surface area contributed by atoms with Crippen molar-refractivity contribution in [2.45, 2.75) is 0 Å². The van der Waals surface area contributed by atoms with Crippen molar-refractivity contribution < 1.29 is 15.4 Å². The summed E-state index contributed by atoms with van der Waals surface area (Å²) in [5.41, 5.74) is 3.44.